The smallest absolute Gasteiger partial charge is 0.186 e. The van der Waals surface area contributed by atoms with Crippen LogP contribution < -0.4 is 33.6 Å². The Hall–Kier alpha value is -0.640. The Bertz CT molecular complexity index is 758. The van der Waals surface area contributed by atoms with Gasteiger partial charge in [0.25, 0.3) is 0 Å². The molecule has 0 radical (unpaired) electrons. The molecule has 16 nitrogen and oxygen atoms in total. The van der Waals surface area contributed by atoms with Crippen molar-refractivity contribution in [3.63, 3.8) is 0 Å². The lowest BCUT2D eigenvalue weighted by molar-refractivity contribution is -0.307. The second kappa shape index (κ2) is 16.4. The number of aliphatic hydroxyl groups excluding tert-OH is 7. The van der Waals surface area contributed by atoms with Crippen LogP contribution >= 0.6 is 0 Å². The zero-order valence-electron chi connectivity index (χ0n) is 23.4. The van der Waals surface area contributed by atoms with Gasteiger partial charge in [-0.25, -0.2) is 0 Å². The highest BCUT2D eigenvalue weighted by Gasteiger charge is 2.53. The summed E-state index contributed by atoms with van der Waals surface area (Å²) in [6.45, 7) is -0.528. The fourth-order valence-corrected chi connectivity index (χ4v) is 6.17. The number of ether oxygens (including phenoxy) is 3. The Morgan fingerprint density at radius 3 is 2.24 bits per heavy atom. The first-order chi connectivity index (χ1) is 19.6. The molecule has 1 aliphatic carbocycles. The van der Waals surface area contributed by atoms with Crippen molar-refractivity contribution >= 4 is 0 Å². The van der Waals surface area contributed by atoms with E-state index in [0.29, 0.717) is 25.8 Å². The summed E-state index contributed by atoms with van der Waals surface area (Å²) in [7, 11) is 0. The molecule has 41 heavy (non-hydrogen) atoms. The van der Waals surface area contributed by atoms with Crippen molar-refractivity contribution in [2.75, 3.05) is 39.5 Å². The van der Waals surface area contributed by atoms with Crippen LogP contribution in [0.15, 0.2) is 0 Å². The fourth-order valence-electron chi connectivity index (χ4n) is 6.17. The van der Waals surface area contributed by atoms with Crippen molar-refractivity contribution in [3.8, 4) is 0 Å². The Morgan fingerprint density at radius 1 is 0.927 bits per heavy atom. The molecule has 0 aromatic rings. The van der Waals surface area contributed by atoms with Gasteiger partial charge in [-0.2, -0.15) is 0 Å². The summed E-state index contributed by atoms with van der Waals surface area (Å²) in [5.41, 5.74) is 24.1. The quantitative estimate of drug-likeness (QED) is 0.0886. The maximum atomic E-state index is 11.8. The average Bonchev–Trinajstić information content (AvgIpc) is 2.96. The van der Waals surface area contributed by atoms with E-state index in [1.807, 2.05) is 0 Å². The maximum absolute atomic E-state index is 11.8. The average molecular weight is 597 g/mol. The summed E-state index contributed by atoms with van der Waals surface area (Å²) in [4.78, 5) is 0. The predicted molar refractivity (Wildman–Crippen MR) is 146 cm³/mol. The number of hydrogen-bond donors (Lipinski definition) is 13. The molecule has 17 N–H and O–H groups in total. The molecule has 0 spiro atoms. The summed E-state index contributed by atoms with van der Waals surface area (Å²) in [6.07, 6.45) is -7.42. The summed E-state index contributed by atoms with van der Waals surface area (Å²) < 4.78 is 18.1. The van der Waals surface area contributed by atoms with Crippen molar-refractivity contribution in [3.05, 3.63) is 0 Å². The highest BCUT2D eigenvalue weighted by molar-refractivity contribution is 5.06. The molecule has 14 atom stereocenters. The SMILES string of the molecule is NCCC(O)CNC1CCC(CN)OC1C1C(N)CC(NC(CO)CO)C(OC2OC(CO)C(O)C(N)C2O)C1O. The highest BCUT2D eigenvalue weighted by atomic mass is 16.7. The third-order valence-corrected chi connectivity index (χ3v) is 8.57. The molecule has 3 fully saturated rings. The first kappa shape index (κ1) is 34.8. The Morgan fingerprint density at radius 2 is 1.63 bits per heavy atom. The van der Waals surface area contributed by atoms with Crippen molar-refractivity contribution < 1.29 is 50.0 Å². The molecule has 16 heteroatoms. The van der Waals surface area contributed by atoms with E-state index in [1.165, 1.54) is 0 Å². The van der Waals surface area contributed by atoms with E-state index in [1.54, 1.807) is 0 Å². The first-order valence-corrected chi connectivity index (χ1v) is 14.5. The van der Waals surface area contributed by atoms with Crippen LogP contribution in [-0.4, -0.2) is 161 Å². The topological polar surface area (TPSA) is 297 Å². The number of nitrogens with one attached hydrogen (secondary N) is 2. The van der Waals surface area contributed by atoms with Crippen molar-refractivity contribution in [2.24, 2.45) is 28.9 Å². The third-order valence-electron chi connectivity index (χ3n) is 8.57. The van der Waals surface area contributed by atoms with Gasteiger partial charge in [0.05, 0.1) is 56.3 Å². The molecule has 2 heterocycles. The van der Waals surface area contributed by atoms with Gasteiger partial charge in [-0.3, -0.25) is 0 Å². The molecular weight excluding hydrogens is 544 g/mol. The predicted octanol–water partition coefficient (Wildman–Crippen LogP) is -6.67. The molecule has 0 bridgehead atoms. The second-order valence-electron chi connectivity index (χ2n) is 11.5. The third kappa shape index (κ3) is 8.51. The van der Waals surface area contributed by atoms with Gasteiger partial charge >= 0.3 is 0 Å². The highest BCUT2D eigenvalue weighted by Crippen LogP contribution is 2.37. The Balaban J connectivity index is 1.88. The summed E-state index contributed by atoms with van der Waals surface area (Å²) in [5, 5.41) is 78.5. The molecule has 1 saturated carbocycles. The van der Waals surface area contributed by atoms with Gasteiger partial charge in [0.15, 0.2) is 6.29 Å². The van der Waals surface area contributed by atoms with E-state index in [4.69, 9.17) is 37.1 Å². The zero-order chi connectivity index (χ0) is 30.3. The molecule has 3 rings (SSSR count). The zero-order valence-corrected chi connectivity index (χ0v) is 23.4. The van der Waals surface area contributed by atoms with E-state index in [0.717, 1.165) is 0 Å². The first-order valence-electron chi connectivity index (χ1n) is 14.5. The minimum absolute atomic E-state index is 0.222. The van der Waals surface area contributed by atoms with Crippen LogP contribution in [0.4, 0.5) is 0 Å². The number of rotatable bonds is 14. The van der Waals surface area contributed by atoms with Crippen LogP contribution in [-0.2, 0) is 14.2 Å². The van der Waals surface area contributed by atoms with Gasteiger partial charge in [0.2, 0.25) is 0 Å². The number of aliphatic hydroxyl groups is 7. The molecule has 0 amide bonds. The van der Waals surface area contributed by atoms with E-state index < -0.39 is 98.9 Å². The molecule has 3 aliphatic rings. The van der Waals surface area contributed by atoms with Crippen LogP contribution in [0.5, 0.6) is 0 Å². The van der Waals surface area contributed by atoms with Crippen LogP contribution in [0.2, 0.25) is 0 Å². The van der Waals surface area contributed by atoms with E-state index in [2.05, 4.69) is 10.6 Å². The lowest BCUT2D eigenvalue weighted by Gasteiger charge is -2.52. The van der Waals surface area contributed by atoms with Crippen LogP contribution in [0.25, 0.3) is 0 Å². The van der Waals surface area contributed by atoms with Crippen molar-refractivity contribution in [1.29, 1.82) is 0 Å². The van der Waals surface area contributed by atoms with E-state index >= 15 is 0 Å². The van der Waals surface area contributed by atoms with Crippen LogP contribution in [0.3, 0.4) is 0 Å². The monoisotopic (exact) mass is 596 g/mol. The molecule has 0 aromatic heterocycles. The summed E-state index contributed by atoms with van der Waals surface area (Å²) in [6, 6.07) is -3.58. The van der Waals surface area contributed by atoms with Gasteiger partial charge in [0.1, 0.15) is 24.4 Å². The molecular formula is C25H52N6O10. The summed E-state index contributed by atoms with van der Waals surface area (Å²) in [5.74, 6) is -0.702. The molecule has 2 aliphatic heterocycles. The van der Waals surface area contributed by atoms with Crippen LogP contribution in [0.1, 0.15) is 25.7 Å². The molecule has 2 saturated heterocycles. The van der Waals surface area contributed by atoms with Gasteiger partial charge < -0.3 is 83.5 Å². The normalized spacial score (nSPS) is 42.9. The van der Waals surface area contributed by atoms with Gasteiger partial charge in [0, 0.05) is 37.1 Å². The fraction of sp³-hybridized carbons (Fsp3) is 1.00. The number of nitrogens with two attached hydrogens (primary N) is 4. The van der Waals surface area contributed by atoms with E-state index in [-0.39, 0.29) is 31.7 Å². The standard InChI is InChI=1S/C25H52N6O10/c26-4-3-12(35)7-30-15-2-1-13(6-27)39-23(15)18-14(28)5-16(31-11(8-32)9-33)24(21(18)37)41-25-22(38)19(29)20(36)17(10-34)40-25/h11-25,30-38H,1-10,26-29H2. The second-order valence-corrected chi connectivity index (χ2v) is 11.5. The minimum atomic E-state index is -1.49. The van der Waals surface area contributed by atoms with Crippen LogP contribution in [0, 0.1) is 5.92 Å². The summed E-state index contributed by atoms with van der Waals surface area (Å²) >= 11 is 0. The largest absolute Gasteiger partial charge is 0.395 e. The lowest BCUT2D eigenvalue weighted by Crippen LogP contribution is -2.70. The van der Waals surface area contributed by atoms with Gasteiger partial charge in [-0.05, 0) is 32.2 Å². The molecule has 14 unspecified atom stereocenters. The maximum Gasteiger partial charge on any atom is 0.186 e. The number of hydrogen-bond acceptors (Lipinski definition) is 16. The lowest BCUT2D eigenvalue weighted by atomic mass is 9.72. The Kier molecular flexibility index (Phi) is 14.0. The van der Waals surface area contributed by atoms with Crippen molar-refractivity contribution in [1.82, 2.24) is 10.6 Å². The minimum Gasteiger partial charge on any atom is -0.395 e. The molecule has 0 aromatic carbocycles. The Labute approximate surface area is 240 Å². The van der Waals surface area contributed by atoms with E-state index in [9.17, 15) is 35.7 Å². The van der Waals surface area contributed by atoms with Gasteiger partial charge in [-0.15, -0.1) is 0 Å². The molecule has 242 valence electrons. The van der Waals surface area contributed by atoms with Gasteiger partial charge in [-0.1, -0.05) is 0 Å². The van der Waals surface area contributed by atoms with Crippen molar-refractivity contribution in [2.45, 2.75) is 111 Å².